The monoisotopic (exact) mass is 300 g/mol. The number of piperazine rings is 1. The van der Waals surface area contributed by atoms with Gasteiger partial charge in [0.1, 0.15) is 11.5 Å². The molecule has 5 nitrogen and oxygen atoms in total. The number of benzene rings is 1. The minimum absolute atomic E-state index is 0. The molecule has 1 aromatic carbocycles. The van der Waals surface area contributed by atoms with Gasteiger partial charge in [-0.2, -0.15) is 0 Å². The van der Waals surface area contributed by atoms with Crippen LogP contribution in [-0.4, -0.2) is 50.7 Å². The van der Waals surface area contributed by atoms with Crippen molar-refractivity contribution in [2.45, 2.75) is 13.0 Å². The molecule has 1 N–H and O–H groups in total. The van der Waals surface area contributed by atoms with E-state index in [2.05, 4.69) is 12.2 Å². The number of nitrogens with one attached hydrogen (secondary N) is 1. The standard InChI is InChI=1S/C14H20N2O3.ClH/c1-10-9-16(7-6-15-10)14(17)12-5-4-11(18-2)8-13(12)19-3;/h4-5,8,10,15H,6-7,9H2,1-3H3;1H. The first-order valence-corrected chi connectivity index (χ1v) is 6.40. The minimum Gasteiger partial charge on any atom is -0.497 e. The molecule has 0 aliphatic carbocycles. The first-order chi connectivity index (χ1) is 9.15. The van der Waals surface area contributed by atoms with E-state index in [4.69, 9.17) is 9.47 Å². The van der Waals surface area contributed by atoms with E-state index in [0.717, 1.165) is 13.1 Å². The number of hydrogen-bond acceptors (Lipinski definition) is 4. The Morgan fingerprint density at radius 2 is 2.10 bits per heavy atom. The number of halogens is 1. The molecule has 1 aliphatic rings. The highest BCUT2D eigenvalue weighted by molar-refractivity contribution is 5.97. The maximum absolute atomic E-state index is 12.5. The predicted molar refractivity (Wildman–Crippen MR) is 80.2 cm³/mol. The second-order valence-electron chi connectivity index (χ2n) is 4.67. The highest BCUT2D eigenvalue weighted by Crippen LogP contribution is 2.26. The molecule has 0 aromatic heterocycles. The Bertz CT molecular complexity index is 468. The smallest absolute Gasteiger partial charge is 0.257 e. The van der Waals surface area contributed by atoms with Crippen LogP contribution in [0.1, 0.15) is 17.3 Å². The lowest BCUT2D eigenvalue weighted by Crippen LogP contribution is -2.51. The summed E-state index contributed by atoms with van der Waals surface area (Å²) in [6.45, 7) is 4.34. The molecule has 1 fully saturated rings. The van der Waals surface area contributed by atoms with Crippen LogP contribution in [0.3, 0.4) is 0 Å². The van der Waals surface area contributed by atoms with Gasteiger partial charge in [0.25, 0.3) is 5.91 Å². The Labute approximate surface area is 125 Å². The number of amides is 1. The van der Waals surface area contributed by atoms with Crippen LogP contribution in [0.5, 0.6) is 11.5 Å². The van der Waals surface area contributed by atoms with Crippen LogP contribution in [0.25, 0.3) is 0 Å². The minimum atomic E-state index is 0. The average molecular weight is 301 g/mol. The van der Waals surface area contributed by atoms with Gasteiger partial charge >= 0.3 is 0 Å². The Kier molecular flexibility index (Phi) is 6.10. The summed E-state index contributed by atoms with van der Waals surface area (Å²) >= 11 is 0. The van der Waals surface area contributed by atoms with E-state index in [0.29, 0.717) is 29.6 Å². The molecule has 1 aromatic rings. The first-order valence-electron chi connectivity index (χ1n) is 6.40. The zero-order valence-corrected chi connectivity index (χ0v) is 12.8. The number of hydrogen-bond donors (Lipinski definition) is 1. The maximum atomic E-state index is 12.5. The van der Waals surface area contributed by atoms with Gasteiger partial charge in [0, 0.05) is 31.7 Å². The van der Waals surface area contributed by atoms with Crippen LogP contribution in [-0.2, 0) is 0 Å². The highest BCUT2D eigenvalue weighted by atomic mass is 35.5. The van der Waals surface area contributed by atoms with Crippen molar-refractivity contribution < 1.29 is 14.3 Å². The lowest BCUT2D eigenvalue weighted by Gasteiger charge is -2.32. The van der Waals surface area contributed by atoms with E-state index < -0.39 is 0 Å². The largest absolute Gasteiger partial charge is 0.497 e. The highest BCUT2D eigenvalue weighted by Gasteiger charge is 2.24. The summed E-state index contributed by atoms with van der Waals surface area (Å²) in [6, 6.07) is 5.59. The summed E-state index contributed by atoms with van der Waals surface area (Å²) < 4.78 is 10.4. The molecule has 1 amide bonds. The molecule has 1 saturated heterocycles. The van der Waals surface area contributed by atoms with Crippen LogP contribution in [0.2, 0.25) is 0 Å². The van der Waals surface area contributed by atoms with Crippen molar-refractivity contribution in [1.82, 2.24) is 10.2 Å². The van der Waals surface area contributed by atoms with Crippen molar-refractivity contribution in [3.63, 3.8) is 0 Å². The van der Waals surface area contributed by atoms with E-state index in [-0.39, 0.29) is 18.3 Å². The molecular formula is C14H21ClN2O3. The topological polar surface area (TPSA) is 50.8 Å². The second-order valence-corrected chi connectivity index (χ2v) is 4.67. The van der Waals surface area contributed by atoms with Gasteiger partial charge in [-0.15, -0.1) is 12.4 Å². The third-order valence-corrected chi connectivity index (χ3v) is 3.30. The van der Waals surface area contributed by atoms with Gasteiger partial charge in [0.15, 0.2) is 0 Å². The summed E-state index contributed by atoms with van der Waals surface area (Å²) in [7, 11) is 3.15. The van der Waals surface area contributed by atoms with E-state index in [1.54, 1.807) is 32.4 Å². The number of methoxy groups -OCH3 is 2. The van der Waals surface area contributed by atoms with Gasteiger partial charge in [-0.1, -0.05) is 0 Å². The molecule has 0 bridgehead atoms. The van der Waals surface area contributed by atoms with Crippen molar-refractivity contribution >= 4 is 18.3 Å². The number of ether oxygens (including phenoxy) is 2. The third-order valence-electron chi connectivity index (χ3n) is 3.30. The number of carbonyl (C=O) groups excluding carboxylic acids is 1. The zero-order chi connectivity index (χ0) is 13.8. The quantitative estimate of drug-likeness (QED) is 0.920. The van der Waals surface area contributed by atoms with Crippen molar-refractivity contribution in [3.05, 3.63) is 23.8 Å². The molecule has 1 aliphatic heterocycles. The third kappa shape index (κ3) is 3.55. The second kappa shape index (κ2) is 7.36. The molecule has 112 valence electrons. The van der Waals surface area contributed by atoms with E-state index in [1.165, 1.54) is 0 Å². The van der Waals surface area contributed by atoms with Crippen molar-refractivity contribution in [2.24, 2.45) is 0 Å². The summed E-state index contributed by atoms with van der Waals surface area (Å²) in [6.07, 6.45) is 0. The van der Waals surface area contributed by atoms with Crippen LogP contribution in [0.4, 0.5) is 0 Å². The van der Waals surface area contributed by atoms with Gasteiger partial charge in [0.2, 0.25) is 0 Å². The van der Waals surface area contributed by atoms with E-state index in [9.17, 15) is 4.79 Å². The molecule has 0 saturated carbocycles. The fourth-order valence-corrected chi connectivity index (χ4v) is 2.26. The molecule has 0 spiro atoms. The van der Waals surface area contributed by atoms with Crippen LogP contribution in [0.15, 0.2) is 18.2 Å². The van der Waals surface area contributed by atoms with Crippen LogP contribution in [0, 0.1) is 0 Å². The average Bonchev–Trinajstić information content (AvgIpc) is 2.45. The maximum Gasteiger partial charge on any atom is 0.257 e. The normalized spacial score (nSPS) is 18.1. The van der Waals surface area contributed by atoms with Gasteiger partial charge in [-0.05, 0) is 19.1 Å². The molecule has 1 atom stereocenters. The van der Waals surface area contributed by atoms with Gasteiger partial charge in [-0.3, -0.25) is 4.79 Å². The summed E-state index contributed by atoms with van der Waals surface area (Å²) in [5.74, 6) is 1.24. The SMILES string of the molecule is COc1ccc(C(=O)N2CCNC(C)C2)c(OC)c1.Cl. The molecule has 20 heavy (non-hydrogen) atoms. The van der Waals surface area contributed by atoms with Crippen molar-refractivity contribution in [3.8, 4) is 11.5 Å². The Hall–Kier alpha value is -1.46. The summed E-state index contributed by atoms with van der Waals surface area (Å²) in [5, 5.41) is 3.32. The fraction of sp³-hybridized carbons (Fsp3) is 0.500. The van der Waals surface area contributed by atoms with Crippen molar-refractivity contribution in [2.75, 3.05) is 33.9 Å². The summed E-state index contributed by atoms with van der Waals surface area (Å²) in [5.41, 5.74) is 0.581. The fourth-order valence-electron chi connectivity index (χ4n) is 2.26. The van der Waals surface area contributed by atoms with E-state index in [1.807, 2.05) is 4.90 Å². The predicted octanol–water partition coefficient (Wildman–Crippen LogP) is 1.56. The van der Waals surface area contributed by atoms with Crippen LogP contribution >= 0.6 is 12.4 Å². The first kappa shape index (κ1) is 16.6. The Morgan fingerprint density at radius 3 is 2.70 bits per heavy atom. The zero-order valence-electron chi connectivity index (χ0n) is 12.0. The van der Waals surface area contributed by atoms with E-state index >= 15 is 0 Å². The Morgan fingerprint density at radius 1 is 1.35 bits per heavy atom. The lowest BCUT2D eigenvalue weighted by atomic mass is 10.1. The lowest BCUT2D eigenvalue weighted by molar-refractivity contribution is 0.0705. The Balaban J connectivity index is 0.00000200. The molecule has 1 unspecified atom stereocenters. The molecule has 2 rings (SSSR count). The number of carbonyl (C=O) groups is 1. The molecular weight excluding hydrogens is 280 g/mol. The van der Waals surface area contributed by atoms with Gasteiger partial charge < -0.3 is 19.7 Å². The van der Waals surface area contributed by atoms with Crippen LogP contribution < -0.4 is 14.8 Å². The number of nitrogens with zero attached hydrogens (tertiary/aromatic N) is 1. The molecule has 0 radical (unpaired) electrons. The van der Waals surface area contributed by atoms with Gasteiger partial charge in [0.05, 0.1) is 19.8 Å². The van der Waals surface area contributed by atoms with Gasteiger partial charge in [-0.25, -0.2) is 0 Å². The number of rotatable bonds is 3. The molecule has 6 heteroatoms. The van der Waals surface area contributed by atoms with Crippen molar-refractivity contribution in [1.29, 1.82) is 0 Å². The summed E-state index contributed by atoms with van der Waals surface area (Å²) in [4.78, 5) is 14.4. The molecule has 1 heterocycles.